The van der Waals surface area contributed by atoms with Crippen molar-refractivity contribution in [2.24, 2.45) is 0 Å². The Balaban J connectivity index is 1.84. The number of benzene rings is 3. The molecule has 0 radical (unpaired) electrons. The summed E-state index contributed by atoms with van der Waals surface area (Å²) in [5.74, 6) is -0.716. The summed E-state index contributed by atoms with van der Waals surface area (Å²) in [4.78, 5) is 49.0. The quantitative estimate of drug-likeness (QED) is 0.191. The van der Waals surface area contributed by atoms with Gasteiger partial charge in [-0.2, -0.15) is 0 Å². The molecule has 1 aliphatic rings. The molecule has 1 aliphatic carbocycles. The van der Waals surface area contributed by atoms with Gasteiger partial charge < -0.3 is 10.6 Å². The lowest BCUT2D eigenvalue weighted by Crippen LogP contribution is -2.24. The largest absolute Gasteiger partial charge is 0.326 e. The summed E-state index contributed by atoms with van der Waals surface area (Å²) in [6, 6.07) is 15.6. The van der Waals surface area contributed by atoms with Crippen molar-refractivity contribution in [3.8, 4) is 0 Å². The molecule has 0 spiro atoms. The fourth-order valence-electron chi connectivity index (χ4n) is 4.02. The maximum atomic E-state index is 13.3. The van der Waals surface area contributed by atoms with Crippen LogP contribution in [0.15, 0.2) is 78.5 Å². The van der Waals surface area contributed by atoms with Gasteiger partial charge >= 0.3 is 0 Å². The van der Waals surface area contributed by atoms with Gasteiger partial charge in [-0.25, -0.2) is 9.78 Å². The second kappa shape index (κ2) is 11.4. The Bertz CT molecular complexity index is 1310. The van der Waals surface area contributed by atoms with Crippen LogP contribution in [0, 0.1) is 0 Å². The highest BCUT2D eigenvalue weighted by Gasteiger charge is 2.22. The Morgan fingerprint density at radius 2 is 1.66 bits per heavy atom. The van der Waals surface area contributed by atoms with E-state index in [2.05, 4.69) is 10.6 Å². The van der Waals surface area contributed by atoms with Gasteiger partial charge in [0.1, 0.15) is 6.61 Å². The molecule has 3 aromatic rings. The van der Waals surface area contributed by atoms with E-state index in [-0.39, 0.29) is 18.4 Å². The van der Waals surface area contributed by atoms with Crippen LogP contribution in [-0.2, 0) is 16.4 Å². The zero-order chi connectivity index (χ0) is 24.6. The third-order valence-electron chi connectivity index (χ3n) is 5.63. The molecule has 35 heavy (non-hydrogen) atoms. The smallest absolute Gasteiger partial charge is 0.256 e. The first-order chi connectivity index (χ1) is 17.1. The van der Waals surface area contributed by atoms with Crippen molar-refractivity contribution in [3.63, 3.8) is 0 Å². The van der Waals surface area contributed by atoms with Crippen LogP contribution in [0.5, 0.6) is 0 Å². The van der Waals surface area contributed by atoms with Crippen LogP contribution in [-0.4, -0.2) is 24.7 Å². The summed E-state index contributed by atoms with van der Waals surface area (Å²) < 4.78 is 0. The molecule has 2 N–H and O–H groups in total. The molecule has 0 atom stereocenters. The van der Waals surface area contributed by atoms with Gasteiger partial charge in [-0.3, -0.25) is 14.4 Å². The lowest BCUT2D eigenvalue weighted by Gasteiger charge is -2.17. The van der Waals surface area contributed by atoms with E-state index < -0.39 is 0 Å². The fraction of sp³-hybridized carbons (Fsp3) is 0.179. The lowest BCUT2D eigenvalue weighted by molar-refractivity contribution is -0.300. The zero-order valence-corrected chi connectivity index (χ0v) is 19.4. The highest BCUT2D eigenvalue weighted by atomic mass is 17.2. The number of amides is 2. The molecule has 0 heterocycles. The van der Waals surface area contributed by atoms with Crippen molar-refractivity contribution in [2.45, 2.75) is 26.4 Å². The minimum Gasteiger partial charge on any atom is -0.326 e. The number of rotatable bonds is 9. The summed E-state index contributed by atoms with van der Waals surface area (Å²) in [6.07, 6.45) is 8.02. The van der Waals surface area contributed by atoms with E-state index in [0.29, 0.717) is 58.0 Å². The van der Waals surface area contributed by atoms with Crippen LogP contribution in [0.1, 0.15) is 56.4 Å². The number of aldehydes is 1. The molecule has 0 saturated heterocycles. The van der Waals surface area contributed by atoms with Gasteiger partial charge in [0.25, 0.3) is 11.8 Å². The predicted octanol–water partition coefficient (Wildman–Crippen LogP) is 5.34. The Kier molecular flexibility index (Phi) is 7.82. The average Bonchev–Trinajstić information content (AvgIpc) is 2.89. The van der Waals surface area contributed by atoms with Crippen molar-refractivity contribution < 1.29 is 24.2 Å². The average molecular weight is 471 g/mol. The molecule has 0 unspecified atom stereocenters. The predicted molar refractivity (Wildman–Crippen MR) is 134 cm³/mol. The maximum absolute atomic E-state index is 13.3. The summed E-state index contributed by atoms with van der Waals surface area (Å²) in [5.41, 5.74) is 2.96. The first kappa shape index (κ1) is 24.1. The molecule has 178 valence electrons. The van der Waals surface area contributed by atoms with Crippen LogP contribution in [0.4, 0.5) is 5.69 Å². The van der Waals surface area contributed by atoms with Crippen LogP contribution in [0.25, 0.3) is 10.8 Å². The van der Waals surface area contributed by atoms with E-state index in [9.17, 15) is 14.4 Å². The molecule has 4 rings (SSSR count). The van der Waals surface area contributed by atoms with E-state index in [1.165, 1.54) is 0 Å². The Labute approximate surface area is 203 Å². The first-order valence-corrected chi connectivity index (χ1v) is 11.4. The number of nitrogens with one attached hydrogen (secondary N) is 2. The molecule has 0 aliphatic heterocycles. The third kappa shape index (κ3) is 5.54. The van der Waals surface area contributed by atoms with Crippen molar-refractivity contribution in [1.29, 1.82) is 0 Å². The number of carbonyl (C=O) groups is 3. The molecular formula is C28H26N2O5. The van der Waals surface area contributed by atoms with E-state index in [1.807, 2.05) is 36.4 Å². The maximum Gasteiger partial charge on any atom is 0.256 e. The van der Waals surface area contributed by atoms with Gasteiger partial charge in [0, 0.05) is 38.8 Å². The summed E-state index contributed by atoms with van der Waals surface area (Å²) in [6.45, 7) is 2.18. The minimum absolute atomic E-state index is 0.0378. The summed E-state index contributed by atoms with van der Waals surface area (Å²) >= 11 is 0. The van der Waals surface area contributed by atoms with E-state index in [0.717, 1.165) is 12.1 Å². The second-order valence-corrected chi connectivity index (χ2v) is 7.94. The van der Waals surface area contributed by atoms with E-state index >= 15 is 0 Å². The molecule has 0 aromatic heterocycles. The number of hydrogen-bond acceptors (Lipinski definition) is 5. The number of carbonyl (C=O) groups excluding carboxylic acids is 3. The molecular weight excluding hydrogens is 444 g/mol. The first-order valence-electron chi connectivity index (χ1n) is 11.4. The number of para-hydroxylation sites is 1. The third-order valence-corrected chi connectivity index (χ3v) is 5.63. The Hall–Kier alpha value is -4.07. The van der Waals surface area contributed by atoms with Gasteiger partial charge in [-0.15, -0.1) is 0 Å². The summed E-state index contributed by atoms with van der Waals surface area (Å²) in [7, 11) is 0. The standard InChI is InChI=1S/C28H26N2O5/c1-2-34-35-18-20-14-16-23(27(32)29-21-9-5-3-6-10-21)25-19(17-31)13-15-24(26(20)25)28(33)30-22-11-7-4-8-12-22/h3-5,7-9,11-17H,2,6,10,18H2,1H3,(H,29,32)(H,30,33). The van der Waals surface area contributed by atoms with Gasteiger partial charge in [0.05, 0.1) is 6.61 Å². The highest BCUT2D eigenvalue weighted by molar-refractivity contribution is 6.20. The second-order valence-electron chi connectivity index (χ2n) is 7.94. The monoisotopic (exact) mass is 470 g/mol. The molecule has 7 nitrogen and oxygen atoms in total. The fourth-order valence-corrected chi connectivity index (χ4v) is 4.02. The van der Waals surface area contributed by atoms with Crippen LogP contribution < -0.4 is 10.6 Å². The van der Waals surface area contributed by atoms with E-state index in [1.54, 1.807) is 43.3 Å². The van der Waals surface area contributed by atoms with Crippen molar-refractivity contribution >= 4 is 34.6 Å². The van der Waals surface area contributed by atoms with Crippen LogP contribution in [0.2, 0.25) is 0 Å². The lowest BCUT2D eigenvalue weighted by atomic mass is 9.91. The Morgan fingerprint density at radius 1 is 0.914 bits per heavy atom. The van der Waals surface area contributed by atoms with Crippen molar-refractivity contribution in [1.82, 2.24) is 5.32 Å². The normalized spacial score (nSPS) is 12.8. The van der Waals surface area contributed by atoms with Crippen molar-refractivity contribution in [3.05, 3.63) is 101 Å². The SMILES string of the molecule is CCOOCc1ccc(C(=O)NC2=CC=CCC2)c2c(C=O)ccc(C(=O)Nc3ccccc3)c12. The van der Waals surface area contributed by atoms with Crippen molar-refractivity contribution in [2.75, 3.05) is 11.9 Å². The summed E-state index contributed by atoms with van der Waals surface area (Å²) in [5, 5.41) is 6.67. The van der Waals surface area contributed by atoms with Gasteiger partial charge in [0.2, 0.25) is 0 Å². The highest BCUT2D eigenvalue weighted by Crippen LogP contribution is 2.31. The molecule has 3 aromatic carbocycles. The van der Waals surface area contributed by atoms with Crippen LogP contribution in [0.3, 0.4) is 0 Å². The van der Waals surface area contributed by atoms with E-state index in [4.69, 9.17) is 9.78 Å². The minimum atomic E-state index is -0.367. The molecule has 7 heteroatoms. The topological polar surface area (TPSA) is 93.7 Å². The van der Waals surface area contributed by atoms with Gasteiger partial charge in [-0.1, -0.05) is 42.5 Å². The molecule has 2 amide bonds. The number of allylic oxidation sites excluding steroid dienone is 4. The number of anilines is 1. The molecule has 0 saturated carbocycles. The van der Waals surface area contributed by atoms with Crippen LogP contribution >= 0.6 is 0 Å². The van der Waals surface area contributed by atoms with Gasteiger partial charge in [0.15, 0.2) is 6.29 Å². The number of fused-ring (bicyclic) bond motifs is 1. The molecule has 0 fully saturated rings. The molecule has 0 bridgehead atoms. The number of hydrogen-bond donors (Lipinski definition) is 2. The van der Waals surface area contributed by atoms with Gasteiger partial charge in [-0.05, 0) is 55.7 Å². The zero-order valence-electron chi connectivity index (χ0n) is 19.4. The Morgan fingerprint density at radius 3 is 2.37 bits per heavy atom.